The van der Waals surface area contributed by atoms with E-state index in [4.69, 9.17) is 18.9 Å². The first kappa shape index (κ1) is 20.9. The summed E-state index contributed by atoms with van der Waals surface area (Å²) in [6.45, 7) is 5.82. The Hall–Kier alpha value is -1.12. The number of amides is 1. The first-order chi connectivity index (χ1) is 11.3. The second-order valence-corrected chi connectivity index (χ2v) is 6.16. The van der Waals surface area contributed by atoms with Gasteiger partial charge in [-0.3, -0.25) is 9.59 Å². The van der Waals surface area contributed by atoms with Crippen molar-refractivity contribution >= 4 is 19.7 Å². The molecule has 1 N–H and O–H groups in total. The maximum absolute atomic E-state index is 12.1. The molecule has 138 valence electrons. The Morgan fingerprint density at radius 1 is 1.21 bits per heavy atom. The second-order valence-electron chi connectivity index (χ2n) is 6.16. The zero-order valence-corrected chi connectivity index (χ0v) is 15.5. The SMILES string of the molecule is B[C@@H]1O[C@H](CC)C(OC(=O)CCC(=O)NC)[C@@H]1O[C@H](C)[C@@H](C)OC. The normalized spacial score (nSPS) is 29.0. The zero-order chi connectivity index (χ0) is 18.3. The number of carbonyl (C=O) groups excluding carboxylic acids is 2. The lowest BCUT2D eigenvalue weighted by Crippen LogP contribution is -2.43. The quantitative estimate of drug-likeness (QED) is 0.469. The van der Waals surface area contributed by atoms with Crippen LogP contribution in [-0.4, -0.2) is 70.4 Å². The molecule has 1 aliphatic rings. The molecule has 0 aromatic carbocycles. The molecule has 1 fully saturated rings. The number of rotatable bonds is 9. The molecule has 0 aliphatic carbocycles. The highest BCUT2D eigenvalue weighted by atomic mass is 16.6. The van der Waals surface area contributed by atoms with Gasteiger partial charge in [-0.2, -0.15) is 0 Å². The Morgan fingerprint density at radius 2 is 1.88 bits per heavy atom. The molecule has 1 amide bonds. The summed E-state index contributed by atoms with van der Waals surface area (Å²) in [6, 6.07) is -0.182. The predicted molar refractivity (Wildman–Crippen MR) is 91.5 cm³/mol. The number of nitrogens with one attached hydrogen (secondary N) is 1. The lowest BCUT2D eigenvalue weighted by molar-refractivity contribution is -0.163. The number of ether oxygens (including phenoxy) is 4. The highest BCUT2D eigenvalue weighted by molar-refractivity contribution is 6.11. The minimum Gasteiger partial charge on any atom is -0.457 e. The van der Waals surface area contributed by atoms with Gasteiger partial charge in [0, 0.05) is 20.6 Å². The first-order valence-electron chi connectivity index (χ1n) is 8.57. The number of carbonyl (C=O) groups is 2. The van der Waals surface area contributed by atoms with Crippen LogP contribution in [-0.2, 0) is 28.5 Å². The second kappa shape index (κ2) is 10.0. The highest BCUT2D eigenvalue weighted by Crippen LogP contribution is 2.29. The van der Waals surface area contributed by atoms with E-state index in [2.05, 4.69) is 5.32 Å². The summed E-state index contributed by atoms with van der Waals surface area (Å²) in [5.74, 6) is -0.605. The summed E-state index contributed by atoms with van der Waals surface area (Å²) in [5, 5.41) is 2.48. The van der Waals surface area contributed by atoms with Crippen LogP contribution in [0.4, 0.5) is 0 Å². The fraction of sp³-hybridized carbons (Fsp3) is 0.875. The van der Waals surface area contributed by atoms with Crippen molar-refractivity contribution in [2.24, 2.45) is 0 Å². The molecule has 1 unspecified atom stereocenters. The molecule has 1 rings (SSSR count). The van der Waals surface area contributed by atoms with Crippen molar-refractivity contribution in [2.45, 2.75) is 76.6 Å². The van der Waals surface area contributed by atoms with Crippen molar-refractivity contribution < 1.29 is 28.5 Å². The fourth-order valence-corrected chi connectivity index (χ4v) is 2.67. The van der Waals surface area contributed by atoms with Gasteiger partial charge in [0.05, 0.1) is 30.7 Å². The minimum atomic E-state index is -0.478. The number of methoxy groups -OCH3 is 1. The van der Waals surface area contributed by atoms with Crippen LogP contribution < -0.4 is 5.32 Å². The van der Waals surface area contributed by atoms with Crippen LogP contribution in [0.5, 0.6) is 0 Å². The summed E-state index contributed by atoms with van der Waals surface area (Å²) in [6.07, 6.45) is -0.420. The van der Waals surface area contributed by atoms with Gasteiger partial charge in [0.15, 0.2) is 6.10 Å². The van der Waals surface area contributed by atoms with Crippen molar-refractivity contribution in [1.29, 1.82) is 0 Å². The Morgan fingerprint density at radius 3 is 2.42 bits per heavy atom. The van der Waals surface area contributed by atoms with Crippen LogP contribution in [0, 0.1) is 0 Å². The molecule has 6 atom stereocenters. The molecular weight excluding hydrogens is 313 g/mol. The summed E-state index contributed by atoms with van der Waals surface area (Å²) in [4.78, 5) is 23.3. The van der Waals surface area contributed by atoms with Crippen LogP contribution in [0.2, 0.25) is 0 Å². The number of hydrogen-bond acceptors (Lipinski definition) is 6. The third kappa shape index (κ3) is 5.75. The molecule has 24 heavy (non-hydrogen) atoms. The molecular formula is C16H30BNO6. The molecule has 0 radical (unpaired) electrons. The summed E-state index contributed by atoms with van der Waals surface area (Å²) in [5.41, 5.74) is 0. The Balaban J connectivity index is 2.70. The van der Waals surface area contributed by atoms with Gasteiger partial charge in [0.1, 0.15) is 14.0 Å². The average Bonchev–Trinajstić information content (AvgIpc) is 2.87. The van der Waals surface area contributed by atoms with E-state index in [0.717, 1.165) is 0 Å². The van der Waals surface area contributed by atoms with Crippen molar-refractivity contribution in [1.82, 2.24) is 5.32 Å². The molecule has 0 spiro atoms. The van der Waals surface area contributed by atoms with Crippen molar-refractivity contribution in [3.8, 4) is 0 Å². The lowest BCUT2D eigenvalue weighted by Gasteiger charge is -2.28. The summed E-state index contributed by atoms with van der Waals surface area (Å²) < 4.78 is 22.8. The lowest BCUT2D eigenvalue weighted by atomic mass is 9.92. The van der Waals surface area contributed by atoms with E-state index >= 15 is 0 Å². The van der Waals surface area contributed by atoms with Crippen LogP contribution in [0.3, 0.4) is 0 Å². The van der Waals surface area contributed by atoms with Gasteiger partial charge >= 0.3 is 5.97 Å². The highest BCUT2D eigenvalue weighted by Gasteiger charge is 2.45. The van der Waals surface area contributed by atoms with E-state index < -0.39 is 12.1 Å². The molecule has 0 aromatic rings. The van der Waals surface area contributed by atoms with Crippen LogP contribution in [0.25, 0.3) is 0 Å². The molecule has 8 heteroatoms. The smallest absolute Gasteiger partial charge is 0.306 e. The van der Waals surface area contributed by atoms with Gasteiger partial charge in [-0.15, -0.1) is 0 Å². The number of esters is 1. The standard InChI is InChI=1S/C16H30BNO6/c1-6-11-14(24-13(20)8-7-12(19)18-4)15(16(17)23-11)22-10(3)9(2)21-5/h9-11,14-16H,6-8,17H2,1-5H3,(H,18,19)/t9-,10-,11-,14?,15+,16-/m1/s1. The van der Waals surface area contributed by atoms with Crippen molar-refractivity contribution in [3.05, 3.63) is 0 Å². The molecule has 0 bridgehead atoms. The maximum atomic E-state index is 12.1. The predicted octanol–water partition coefficient (Wildman–Crippen LogP) is 0.00100. The Bertz CT molecular complexity index is 421. The van der Waals surface area contributed by atoms with Gasteiger partial charge in [-0.05, 0) is 20.3 Å². The Labute approximate surface area is 145 Å². The van der Waals surface area contributed by atoms with E-state index in [9.17, 15) is 9.59 Å². The minimum absolute atomic E-state index is 0.0394. The van der Waals surface area contributed by atoms with E-state index in [1.54, 1.807) is 7.11 Å². The first-order valence-corrected chi connectivity index (χ1v) is 8.57. The largest absolute Gasteiger partial charge is 0.457 e. The van der Waals surface area contributed by atoms with Crippen LogP contribution in [0.15, 0.2) is 0 Å². The van der Waals surface area contributed by atoms with E-state index in [1.807, 2.05) is 28.6 Å². The fourth-order valence-electron chi connectivity index (χ4n) is 2.67. The molecule has 1 saturated heterocycles. The van der Waals surface area contributed by atoms with Gasteiger partial charge in [-0.25, -0.2) is 0 Å². The van der Waals surface area contributed by atoms with Crippen molar-refractivity contribution in [2.75, 3.05) is 14.2 Å². The van der Waals surface area contributed by atoms with E-state index in [-0.39, 0.29) is 49.2 Å². The zero-order valence-electron chi connectivity index (χ0n) is 15.5. The average molecular weight is 343 g/mol. The van der Waals surface area contributed by atoms with Gasteiger partial charge in [-0.1, -0.05) is 6.92 Å². The molecule has 1 heterocycles. The monoisotopic (exact) mass is 343 g/mol. The summed E-state index contributed by atoms with van der Waals surface area (Å²) in [7, 11) is 5.08. The Kier molecular flexibility index (Phi) is 8.73. The third-order valence-corrected chi connectivity index (χ3v) is 4.45. The molecule has 0 saturated carbocycles. The van der Waals surface area contributed by atoms with E-state index in [1.165, 1.54) is 7.05 Å². The van der Waals surface area contributed by atoms with Gasteiger partial charge < -0.3 is 24.3 Å². The van der Waals surface area contributed by atoms with Gasteiger partial charge in [0.2, 0.25) is 5.91 Å². The molecule has 0 aromatic heterocycles. The van der Waals surface area contributed by atoms with Crippen molar-refractivity contribution in [3.63, 3.8) is 0 Å². The summed E-state index contributed by atoms with van der Waals surface area (Å²) >= 11 is 0. The van der Waals surface area contributed by atoms with Gasteiger partial charge in [0.25, 0.3) is 0 Å². The third-order valence-electron chi connectivity index (χ3n) is 4.45. The molecule has 1 aliphatic heterocycles. The number of hydrogen-bond donors (Lipinski definition) is 1. The maximum Gasteiger partial charge on any atom is 0.306 e. The van der Waals surface area contributed by atoms with Crippen LogP contribution in [0.1, 0.15) is 40.0 Å². The molecule has 7 nitrogen and oxygen atoms in total. The van der Waals surface area contributed by atoms with Crippen LogP contribution >= 0.6 is 0 Å². The topological polar surface area (TPSA) is 83.1 Å². The van der Waals surface area contributed by atoms with E-state index in [0.29, 0.717) is 6.42 Å².